The van der Waals surface area contributed by atoms with Gasteiger partial charge in [0.05, 0.1) is 11.3 Å². The summed E-state index contributed by atoms with van der Waals surface area (Å²) >= 11 is 0. The molecule has 1 aromatic carbocycles. The van der Waals surface area contributed by atoms with Gasteiger partial charge in [0, 0.05) is 25.7 Å². The summed E-state index contributed by atoms with van der Waals surface area (Å²) in [5.74, 6) is -0.300. The predicted octanol–water partition coefficient (Wildman–Crippen LogP) is 3.22. The van der Waals surface area contributed by atoms with Gasteiger partial charge in [-0.15, -0.1) is 0 Å². The average molecular weight is 320 g/mol. The number of hydrogen-bond donors (Lipinski definition) is 2. The van der Waals surface area contributed by atoms with E-state index in [0.29, 0.717) is 31.0 Å². The maximum Gasteiger partial charge on any atom is 0.253 e. The molecule has 2 N–H and O–H groups in total. The molecular formula is C18H28N2O3. The summed E-state index contributed by atoms with van der Waals surface area (Å²) in [6, 6.07) is 7.08. The van der Waals surface area contributed by atoms with Crippen molar-refractivity contribution in [1.82, 2.24) is 5.32 Å². The largest absolute Gasteiger partial charge is 0.382 e. The van der Waals surface area contributed by atoms with Crippen LogP contribution in [0.15, 0.2) is 24.3 Å². The van der Waals surface area contributed by atoms with E-state index in [1.807, 2.05) is 26.8 Å². The molecule has 0 aromatic heterocycles. The number of ether oxygens (including phenoxy) is 1. The highest BCUT2D eigenvalue weighted by Crippen LogP contribution is 2.17. The molecule has 0 aliphatic rings. The van der Waals surface area contributed by atoms with Crippen molar-refractivity contribution < 1.29 is 14.3 Å². The zero-order chi connectivity index (χ0) is 17.1. The van der Waals surface area contributed by atoms with Crippen LogP contribution in [0.2, 0.25) is 0 Å². The van der Waals surface area contributed by atoms with Gasteiger partial charge >= 0.3 is 0 Å². The number of carbonyl (C=O) groups is 2. The van der Waals surface area contributed by atoms with Gasteiger partial charge in [-0.1, -0.05) is 32.4 Å². The van der Waals surface area contributed by atoms with Crippen LogP contribution in [0.25, 0.3) is 0 Å². The summed E-state index contributed by atoms with van der Waals surface area (Å²) in [4.78, 5) is 24.4. The van der Waals surface area contributed by atoms with Crippen LogP contribution in [0, 0.1) is 5.92 Å². The van der Waals surface area contributed by atoms with Gasteiger partial charge in [-0.3, -0.25) is 9.59 Å². The predicted molar refractivity (Wildman–Crippen MR) is 92.6 cm³/mol. The van der Waals surface area contributed by atoms with Crippen LogP contribution in [0.4, 0.5) is 5.69 Å². The maximum atomic E-state index is 12.3. The summed E-state index contributed by atoms with van der Waals surface area (Å²) < 4.78 is 5.24. The minimum atomic E-state index is -0.180. The van der Waals surface area contributed by atoms with Crippen LogP contribution < -0.4 is 10.6 Å². The van der Waals surface area contributed by atoms with Crippen molar-refractivity contribution in [1.29, 1.82) is 0 Å². The molecule has 1 aromatic rings. The second kappa shape index (κ2) is 10.8. The van der Waals surface area contributed by atoms with Gasteiger partial charge in [0.1, 0.15) is 0 Å². The van der Waals surface area contributed by atoms with Crippen molar-refractivity contribution in [3.8, 4) is 0 Å². The lowest BCUT2D eigenvalue weighted by atomic mass is 10.0. The van der Waals surface area contributed by atoms with E-state index in [4.69, 9.17) is 4.74 Å². The molecule has 0 fully saturated rings. The monoisotopic (exact) mass is 320 g/mol. The zero-order valence-corrected chi connectivity index (χ0v) is 14.4. The van der Waals surface area contributed by atoms with E-state index in [2.05, 4.69) is 10.6 Å². The SMILES string of the molecule is CCCC(C)C(=O)Nc1ccccc1C(=O)NCCCOCC. The van der Waals surface area contributed by atoms with E-state index in [1.54, 1.807) is 18.2 Å². The van der Waals surface area contributed by atoms with Gasteiger partial charge in [-0.05, 0) is 31.9 Å². The van der Waals surface area contributed by atoms with Crippen molar-refractivity contribution in [3.05, 3.63) is 29.8 Å². The second-order valence-corrected chi connectivity index (χ2v) is 5.53. The molecule has 128 valence electrons. The molecule has 23 heavy (non-hydrogen) atoms. The van der Waals surface area contributed by atoms with Crippen molar-refractivity contribution >= 4 is 17.5 Å². The maximum absolute atomic E-state index is 12.3. The molecule has 0 spiro atoms. The first-order chi connectivity index (χ1) is 11.1. The van der Waals surface area contributed by atoms with Crippen molar-refractivity contribution in [2.75, 3.05) is 25.1 Å². The highest BCUT2D eigenvalue weighted by molar-refractivity contribution is 6.04. The molecule has 2 amide bonds. The summed E-state index contributed by atoms with van der Waals surface area (Å²) in [5, 5.41) is 5.72. The molecule has 0 aliphatic carbocycles. The lowest BCUT2D eigenvalue weighted by Gasteiger charge is -2.14. The molecule has 0 heterocycles. The third kappa shape index (κ3) is 6.82. The Bertz CT molecular complexity index is 503. The van der Waals surface area contributed by atoms with Crippen LogP contribution in [0.1, 0.15) is 50.4 Å². The summed E-state index contributed by atoms with van der Waals surface area (Å²) in [6.07, 6.45) is 2.55. The van der Waals surface area contributed by atoms with E-state index >= 15 is 0 Å². The van der Waals surface area contributed by atoms with E-state index < -0.39 is 0 Å². The molecule has 0 saturated heterocycles. The van der Waals surface area contributed by atoms with Crippen LogP contribution in [-0.2, 0) is 9.53 Å². The Labute approximate surface area is 138 Å². The molecule has 0 saturated carbocycles. The number of hydrogen-bond acceptors (Lipinski definition) is 3. The average Bonchev–Trinajstić information content (AvgIpc) is 2.55. The van der Waals surface area contributed by atoms with Crippen molar-refractivity contribution in [2.45, 2.75) is 40.0 Å². The smallest absolute Gasteiger partial charge is 0.253 e. The van der Waals surface area contributed by atoms with E-state index in [9.17, 15) is 9.59 Å². The lowest BCUT2D eigenvalue weighted by Crippen LogP contribution is -2.27. The third-order valence-corrected chi connectivity index (χ3v) is 3.55. The van der Waals surface area contributed by atoms with Crippen molar-refractivity contribution in [2.24, 2.45) is 5.92 Å². The summed E-state index contributed by atoms with van der Waals surface area (Å²) in [5.41, 5.74) is 1.05. The zero-order valence-electron chi connectivity index (χ0n) is 14.4. The molecule has 5 nitrogen and oxygen atoms in total. The minimum Gasteiger partial charge on any atom is -0.382 e. The van der Waals surface area contributed by atoms with Crippen LogP contribution in [0.3, 0.4) is 0 Å². The standard InChI is InChI=1S/C18H28N2O3/c1-4-9-14(3)17(21)20-16-11-7-6-10-15(16)18(22)19-12-8-13-23-5-2/h6-7,10-11,14H,4-5,8-9,12-13H2,1-3H3,(H,19,22)(H,20,21). The molecular weight excluding hydrogens is 292 g/mol. The third-order valence-electron chi connectivity index (χ3n) is 3.55. The molecule has 5 heteroatoms. The Hall–Kier alpha value is -1.88. The van der Waals surface area contributed by atoms with Gasteiger partial charge in [-0.25, -0.2) is 0 Å². The molecule has 1 rings (SSSR count). The Morgan fingerprint density at radius 1 is 1.22 bits per heavy atom. The number of amides is 2. The normalized spacial score (nSPS) is 11.8. The summed E-state index contributed by atoms with van der Waals surface area (Å²) in [7, 11) is 0. The first-order valence-electron chi connectivity index (χ1n) is 8.35. The molecule has 0 radical (unpaired) electrons. The van der Waals surface area contributed by atoms with Gasteiger partial charge in [0.15, 0.2) is 0 Å². The number of benzene rings is 1. The molecule has 1 unspecified atom stereocenters. The number of anilines is 1. The fourth-order valence-corrected chi connectivity index (χ4v) is 2.23. The lowest BCUT2D eigenvalue weighted by molar-refractivity contribution is -0.119. The fraction of sp³-hybridized carbons (Fsp3) is 0.556. The Morgan fingerprint density at radius 2 is 1.96 bits per heavy atom. The van der Waals surface area contributed by atoms with Gasteiger partial charge in [0.25, 0.3) is 5.91 Å². The van der Waals surface area contributed by atoms with Crippen molar-refractivity contribution in [3.63, 3.8) is 0 Å². The van der Waals surface area contributed by atoms with E-state index in [0.717, 1.165) is 19.3 Å². The quantitative estimate of drug-likeness (QED) is 0.650. The molecule has 1 atom stereocenters. The van der Waals surface area contributed by atoms with Gasteiger partial charge < -0.3 is 15.4 Å². The van der Waals surface area contributed by atoms with Gasteiger partial charge in [0.2, 0.25) is 5.91 Å². The number of rotatable bonds is 10. The Kier molecular flexibility index (Phi) is 8.98. The minimum absolute atomic E-state index is 0.0524. The highest BCUT2D eigenvalue weighted by atomic mass is 16.5. The van der Waals surface area contributed by atoms with E-state index in [-0.39, 0.29) is 17.7 Å². The van der Waals surface area contributed by atoms with Gasteiger partial charge in [-0.2, -0.15) is 0 Å². The number of carbonyl (C=O) groups excluding carboxylic acids is 2. The van der Waals surface area contributed by atoms with E-state index in [1.165, 1.54) is 0 Å². The first-order valence-corrected chi connectivity index (χ1v) is 8.35. The van der Waals surface area contributed by atoms with Crippen LogP contribution in [-0.4, -0.2) is 31.6 Å². The second-order valence-electron chi connectivity index (χ2n) is 5.53. The van der Waals surface area contributed by atoms with Crippen LogP contribution >= 0.6 is 0 Å². The number of para-hydroxylation sites is 1. The topological polar surface area (TPSA) is 67.4 Å². The number of nitrogens with one attached hydrogen (secondary N) is 2. The first kappa shape index (κ1) is 19.2. The fourth-order valence-electron chi connectivity index (χ4n) is 2.23. The Balaban J connectivity index is 2.62. The molecule has 0 bridgehead atoms. The Morgan fingerprint density at radius 3 is 2.65 bits per heavy atom. The highest BCUT2D eigenvalue weighted by Gasteiger charge is 2.16. The molecule has 0 aliphatic heterocycles. The van der Waals surface area contributed by atoms with Crippen LogP contribution in [0.5, 0.6) is 0 Å². The summed E-state index contributed by atoms with van der Waals surface area (Å²) in [6.45, 7) is 7.75.